The van der Waals surface area contributed by atoms with Crippen molar-refractivity contribution in [3.05, 3.63) is 53.9 Å². The second-order valence-corrected chi connectivity index (χ2v) is 6.43. The number of hydrogen-bond donors (Lipinski definition) is 1. The van der Waals surface area contributed by atoms with Crippen LogP contribution in [0.15, 0.2) is 42.5 Å². The Labute approximate surface area is 169 Å². The fraction of sp³-hybridized carbons (Fsp3) is 0.273. The van der Waals surface area contributed by atoms with Gasteiger partial charge in [-0.1, -0.05) is 6.07 Å². The quantitative estimate of drug-likeness (QED) is 0.594. The molecule has 1 amide bonds. The van der Waals surface area contributed by atoms with Crippen LogP contribution in [0.1, 0.15) is 11.4 Å². The van der Waals surface area contributed by atoms with Gasteiger partial charge in [-0.25, -0.2) is 4.98 Å². The maximum atomic E-state index is 12.1. The molecule has 7 heteroatoms. The van der Waals surface area contributed by atoms with E-state index >= 15 is 0 Å². The van der Waals surface area contributed by atoms with Crippen molar-refractivity contribution in [2.45, 2.75) is 6.42 Å². The molecule has 0 aliphatic heterocycles. The van der Waals surface area contributed by atoms with E-state index in [1.54, 1.807) is 33.5 Å². The molecule has 1 aromatic heterocycles. The number of fused-ring (bicyclic) bond motifs is 1. The second kappa shape index (κ2) is 9.14. The summed E-state index contributed by atoms with van der Waals surface area (Å²) in [4.78, 5) is 16.8. The molecule has 0 radical (unpaired) electrons. The average Bonchev–Trinajstić information content (AvgIpc) is 3.06. The number of ether oxygens (including phenoxy) is 3. The van der Waals surface area contributed by atoms with Crippen molar-refractivity contribution in [2.75, 3.05) is 27.9 Å². The summed E-state index contributed by atoms with van der Waals surface area (Å²) in [5.41, 5.74) is 2.75. The molecule has 3 rings (SSSR count). The molecule has 2 aromatic carbocycles. The Morgan fingerprint density at radius 2 is 1.86 bits per heavy atom. The Morgan fingerprint density at radius 1 is 1.07 bits per heavy atom. The minimum atomic E-state index is -0.166. The van der Waals surface area contributed by atoms with E-state index in [1.807, 2.05) is 41.9 Å². The van der Waals surface area contributed by atoms with Crippen molar-refractivity contribution in [2.24, 2.45) is 7.05 Å². The standard InChI is InChI=1S/C22H25N3O4/c1-25-18-8-7-16(27-2)14-17(18)24-21(25)11-12-23-22(26)10-6-15-5-9-19(28-3)20(13-15)29-4/h5-10,13-14H,11-12H2,1-4H3,(H,23,26)/b10-6+. The van der Waals surface area contributed by atoms with Gasteiger partial charge in [-0.05, 0) is 35.9 Å². The van der Waals surface area contributed by atoms with Crippen molar-refractivity contribution in [3.8, 4) is 17.2 Å². The Hall–Kier alpha value is -3.48. The van der Waals surface area contributed by atoms with E-state index in [4.69, 9.17) is 14.2 Å². The zero-order valence-electron chi connectivity index (χ0n) is 17.1. The van der Waals surface area contributed by atoms with Crippen molar-refractivity contribution in [1.29, 1.82) is 0 Å². The summed E-state index contributed by atoms with van der Waals surface area (Å²) in [6.45, 7) is 0.489. The number of imidazole rings is 1. The number of aromatic nitrogens is 2. The van der Waals surface area contributed by atoms with E-state index in [2.05, 4.69) is 10.3 Å². The van der Waals surface area contributed by atoms with Gasteiger partial charge in [-0.15, -0.1) is 0 Å². The summed E-state index contributed by atoms with van der Waals surface area (Å²) in [6.07, 6.45) is 3.86. The molecule has 0 unspecified atom stereocenters. The van der Waals surface area contributed by atoms with Crippen LogP contribution in [0.3, 0.4) is 0 Å². The van der Waals surface area contributed by atoms with Crippen molar-refractivity contribution >= 4 is 23.0 Å². The van der Waals surface area contributed by atoms with Crippen LogP contribution in [0.5, 0.6) is 17.2 Å². The van der Waals surface area contributed by atoms with E-state index in [0.29, 0.717) is 24.5 Å². The lowest BCUT2D eigenvalue weighted by atomic mass is 10.2. The molecule has 0 fully saturated rings. The predicted octanol–water partition coefficient (Wildman–Crippen LogP) is 2.97. The summed E-state index contributed by atoms with van der Waals surface area (Å²) in [5, 5.41) is 2.89. The minimum absolute atomic E-state index is 0.166. The van der Waals surface area contributed by atoms with Gasteiger partial charge in [-0.2, -0.15) is 0 Å². The molecule has 0 saturated heterocycles. The van der Waals surface area contributed by atoms with Gasteiger partial charge in [0.05, 0.1) is 32.4 Å². The van der Waals surface area contributed by atoms with Crippen LogP contribution in [0.4, 0.5) is 0 Å². The Kier molecular flexibility index (Phi) is 6.39. The van der Waals surface area contributed by atoms with Crippen molar-refractivity contribution < 1.29 is 19.0 Å². The van der Waals surface area contributed by atoms with Crippen molar-refractivity contribution in [3.63, 3.8) is 0 Å². The first-order valence-corrected chi connectivity index (χ1v) is 9.23. The summed E-state index contributed by atoms with van der Waals surface area (Å²) in [6, 6.07) is 11.3. The SMILES string of the molecule is COc1ccc2c(c1)nc(CCNC(=O)/C=C/c1ccc(OC)c(OC)c1)n2C. The van der Waals surface area contributed by atoms with Gasteiger partial charge in [-0.3, -0.25) is 4.79 Å². The van der Waals surface area contributed by atoms with Crippen LogP contribution in [0.25, 0.3) is 17.1 Å². The molecule has 0 aliphatic carbocycles. The number of rotatable bonds is 8. The normalized spacial score (nSPS) is 11.0. The second-order valence-electron chi connectivity index (χ2n) is 6.43. The predicted molar refractivity (Wildman–Crippen MR) is 113 cm³/mol. The Morgan fingerprint density at radius 3 is 2.59 bits per heavy atom. The number of carbonyl (C=O) groups excluding carboxylic acids is 1. The highest BCUT2D eigenvalue weighted by Gasteiger charge is 2.09. The van der Waals surface area contributed by atoms with E-state index < -0.39 is 0 Å². The largest absolute Gasteiger partial charge is 0.497 e. The monoisotopic (exact) mass is 395 g/mol. The molecular formula is C22H25N3O4. The third-order valence-electron chi connectivity index (χ3n) is 4.66. The molecule has 0 saturated carbocycles. The molecular weight excluding hydrogens is 370 g/mol. The average molecular weight is 395 g/mol. The summed E-state index contributed by atoms with van der Waals surface area (Å²) >= 11 is 0. The number of amides is 1. The number of aryl methyl sites for hydroxylation is 1. The summed E-state index contributed by atoms with van der Waals surface area (Å²) < 4.78 is 17.8. The number of methoxy groups -OCH3 is 3. The number of nitrogens with one attached hydrogen (secondary N) is 1. The summed E-state index contributed by atoms with van der Waals surface area (Å²) in [7, 11) is 6.77. The lowest BCUT2D eigenvalue weighted by Gasteiger charge is -2.07. The number of carbonyl (C=O) groups is 1. The highest BCUT2D eigenvalue weighted by Crippen LogP contribution is 2.28. The van der Waals surface area contributed by atoms with Gasteiger partial charge in [0.15, 0.2) is 11.5 Å². The number of hydrogen-bond acceptors (Lipinski definition) is 5. The Balaban J connectivity index is 1.58. The molecule has 0 spiro atoms. The first-order chi connectivity index (χ1) is 14.0. The maximum absolute atomic E-state index is 12.1. The number of nitrogens with zero attached hydrogens (tertiary/aromatic N) is 2. The van der Waals surface area contributed by atoms with Gasteiger partial charge in [0.25, 0.3) is 0 Å². The highest BCUT2D eigenvalue weighted by molar-refractivity contribution is 5.91. The van der Waals surface area contributed by atoms with Crippen LogP contribution in [-0.2, 0) is 18.3 Å². The van der Waals surface area contributed by atoms with Crippen LogP contribution in [0, 0.1) is 0 Å². The molecule has 0 aliphatic rings. The molecule has 1 N–H and O–H groups in total. The molecule has 1 heterocycles. The molecule has 7 nitrogen and oxygen atoms in total. The topological polar surface area (TPSA) is 74.6 Å². The van der Waals surface area contributed by atoms with E-state index in [1.165, 1.54) is 6.08 Å². The third-order valence-corrected chi connectivity index (χ3v) is 4.66. The minimum Gasteiger partial charge on any atom is -0.497 e. The van der Waals surface area contributed by atoms with Crippen LogP contribution in [-0.4, -0.2) is 43.3 Å². The Bertz CT molecular complexity index is 1040. The van der Waals surface area contributed by atoms with Crippen LogP contribution in [0.2, 0.25) is 0 Å². The van der Waals surface area contributed by atoms with Gasteiger partial charge in [0.2, 0.25) is 5.91 Å². The van der Waals surface area contributed by atoms with Gasteiger partial charge in [0, 0.05) is 32.2 Å². The van der Waals surface area contributed by atoms with Gasteiger partial charge in [0.1, 0.15) is 11.6 Å². The molecule has 0 atom stereocenters. The zero-order chi connectivity index (χ0) is 20.8. The fourth-order valence-electron chi connectivity index (χ4n) is 3.06. The molecule has 152 valence electrons. The molecule has 29 heavy (non-hydrogen) atoms. The lowest BCUT2D eigenvalue weighted by molar-refractivity contribution is -0.116. The van der Waals surface area contributed by atoms with Gasteiger partial charge < -0.3 is 24.1 Å². The molecule has 0 bridgehead atoms. The first-order valence-electron chi connectivity index (χ1n) is 9.23. The fourth-order valence-corrected chi connectivity index (χ4v) is 3.06. The smallest absolute Gasteiger partial charge is 0.244 e. The molecule has 3 aromatic rings. The van der Waals surface area contributed by atoms with E-state index in [-0.39, 0.29) is 5.91 Å². The first kappa shape index (κ1) is 20.3. The highest BCUT2D eigenvalue weighted by atomic mass is 16.5. The van der Waals surface area contributed by atoms with E-state index in [0.717, 1.165) is 28.2 Å². The van der Waals surface area contributed by atoms with Crippen LogP contribution < -0.4 is 19.5 Å². The summed E-state index contributed by atoms with van der Waals surface area (Å²) in [5.74, 6) is 2.77. The van der Waals surface area contributed by atoms with Gasteiger partial charge >= 0.3 is 0 Å². The number of benzene rings is 2. The van der Waals surface area contributed by atoms with E-state index in [9.17, 15) is 4.79 Å². The lowest BCUT2D eigenvalue weighted by Crippen LogP contribution is -2.24. The zero-order valence-corrected chi connectivity index (χ0v) is 17.1. The van der Waals surface area contributed by atoms with Crippen LogP contribution >= 0.6 is 0 Å². The maximum Gasteiger partial charge on any atom is 0.244 e. The third kappa shape index (κ3) is 4.68. The van der Waals surface area contributed by atoms with Crippen molar-refractivity contribution in [1.82, 2.24) is 14.9 Å².